The van der Waals surface area contributed by atoms with E-state index >= 15 is 0 Å². The molecule has 0 aliphatic carbocycles. The molecule has 2 aromatic rings. The van der Waals surface area contributed by atoms with E-state index in [1.807, 2.05) is 0 Å². The average molecular weight is 385 g/mol. The van der Waals surface area contributed by atoms with Crippen LogP contribution in [0, 0.1) is 6.92 Å². The first-order valence-electron chi connectivity index (χ1n) is 6.64. The van der Waals surface area contributed by atoms with E-state index in [2.05, 4.69) is 4.72 Å². The van der Waals surface area contributed by atoms with Crippen molar-refractivity contribution in [1.29, 1.82) is 0 Å². The van der Waals surface area contributed by atoms with Gasteiger partial charge in [0.15, 0.2) is 0 Å². The van der Waals surface area contributed by atoms with Crippen molar-refractivity contribution in [3.8, 4) is 5.75 Å². The number of aryl methyl sites for hydroxylation is 1. The molecule has 6 nitrogen and oxygen atoms in total. The average Bonchev–Trinajstić information content (AvgIpc) is 3.04. The summed E-state index contributed by atoms with van der Waals surface area (Å²) >= 11 is 2.30. The molecule has 0 saturated carbocycles. The van der Waals surface area contributed by atoms with Crippen LogP contribution in [-0.2, 0) is 14.8 Å². The largest absolute Gasteiger partial charge is 0.507 e. The Balaban J connectivity index is 2.56. The number of carboxylic acids is 1. The Kier molecular flexibility index (Phi) is 5.58. The molecule has 0 atom stereocenters. The number of aromatic hydroxyl groups is 1. The normalized spacial score (nSPS) is 11.8. The lowest BCUT2D eigenvalue weighted by Gasteiger charge is -2.16. The van der Waals surface area contributed by atoms with E-state index in [4.69, 9.17) is 5.11 Å². The highest BCUT2D eigenvalue weighted by atomic mass is 32.2. The van der Waals surface area contributed by atoms with E-state index in [1.165, 1.54) is 30.0 Å². The topological polar surface area (TPSA) is 104 Å². The number of hydrogen-bond acceptors (Lipinski definition) is 6. The Bertz CT molecular complexity index is 886. The molecular weight excluding hydrogens is 370 g/mol. The quantitative estimate of drug-likeness (QED) is 0.400. The van der Waals surface area contributed by atoms with Gasteiger partial charge in [-0.2, -0.15) is 0 Å². The van der Waals surface area contributed by atoms with Crippen LogP contribution in [0.3, 0.4) is 0 Å². The van der Waals surface area contributed by atoms with E-state index < -0.39 is 16.0 Å². The molecule has 1 heterocycles. The minimum atomic E-state index is -3.75. The van der Waals surface area contributed by atoms with Crippen LogP contribution in [-0.4, -0.2) is 30.9 Å². The zero-order valence-electron chi connectivity index (χ0n) is 12.8. The predicted octanol–water partition coefficient (Wildman–Crippen LogP) is 3.38. The Morgan fingerprint density at radius 3 is 2.67 bits per heavy atom. The maximum absolute atomic E-state index is 12.4. The molecule has 0 saturated heterocycles. The number of hydrogen-bond donors (Lipinski definition) is 3. The van der Waals surface area contributed by atoms with Gasteiger partial charge in [-0.25, -0.2) is 13.2 Å². The summed E-state index contributed by atoms with van der Waals surface area (Å²) in [6.07, 6.45) is 3.86. The summed E-state index contributed by atoms with van der Waals surface area (Å²) in [6, 6.07) is 4.65. The van der Waals surface area contributed by atoms with Crippen LogP contribution in [0.15, 0.2) is 38.8 Å². The first-order chi connectivity index (χ1) is 11.3. The molecule has 9 heteroatoms. The monoisotopic (exact) mass is 385 g/mol. The Labute approximate surface area is 147 Å². The number of aliphatic carboxylic acids is 1. The van der Waals surface area contributed by atoms with Gasteiger partial charge in [-0.3, -0.25) is 4.72 Å². The smallest absolute Gasteiger partial charge is 0.328 e. The fraction of sp³-hybridized carbons (Fsp3) is 0.133. The second kappa shape index (κ2) is 7.29. The van der Waals surface area contributed by atoms with Gasteiger partial charge < -0.3 is 10.2 Å². The number of thioether (sulfide) groups is 1. The number of phenolic OH excluding ortho intramolecular Hbond substituents is 1. The lowest BCUT2D eigenvalue weighted by Crippen LogP contribution is -2.12. The molecule has 1 aromatic heterocycles. The lowest BCUT2D eigenvalue weighted by atomic mass is 10.1. The third-order valence-corrected chi connectivity index (χ3v) is 6.69. The second-order valence-corrected chi connectivity index (χ2v) is 8.42. The number of phenols is 1. The first-order valence-corrected chi connectivity index (χ1v) is 10.2. The highest BCUT2D eigenvalue weighted by Crippen LogP contribution is 2.39. The molecular formula is C15H15NO5S3. The zero-order valence-corrected chi connectivity index (χ0v) is 15.3. The molecule has 0 aliphatic rings. The van der Waals surface area contributed by atoms with E-state index in [1.54, 1.807) is 24.6 Å². The van der Waals surface area contributed by atoms with Crippen molar-refractivity contribution >= 4 is 50.9 Å². The van der Waals surface area contributed by atoms with E-state index in [0.717, 1.165) is 17.4 Å². The number of anilines is 1. The van der Waals surface area contributed by atoms with Crippen molar-refractivity contribution in [2.45, 2.75) is 16.0 Å². The SMILES string of the molecule is CSc1c(NS(=O)(=O)c2cccs2)cc(C)c(O)c1C=CC(=O)O. The molecule has 128 valence electrons. The highest BCUT2D eigenvalue weighted by Gasteiger charge is 2.20. The molecule has 0 aliphatic heterocycles. The van der Waals surface area contributed by atoms with E-state index in [0.29, 0.717) is 10.5 Å². The molecule has 0 spiro atoms. The van der Waals surface area contributed by atoms with Gasteiger partial charge in [0.1, 0.15) is 9.96 Å². The van der Waals surface area contributed by atoms with Crippen molar-refractivity contribution in [1.82, 2.24) is 0 Å². The van der Waals surface area contributed by atoms with Crippen LogP contribution < -0.4 is 4.72 Å². The zero-order chi connectivity index (χ0) is 17.9. The number of rotatable bonds is 6. The number of nitrogens with one attached hydrogen (secondary N) is 1. The summed E-state index contributed by atoms with van der Waals surface area (Å²) in [5.41, 5.74) is 0.978. The van der Waals surface area contributed by atoms with Crippen LogP contribution in [0.25, 0.3) is 6.08 Å². The highest BCUT2D eigenvalue weighted by molar-refractivity contribution is 7.99. The number of benzene rings is 1. The Morgan fingerprint density at radius 2 is 2.12 bits per heavy atom. The van der Waals surface area contributed by atoms with Crippen molar-refractivity contribution < 1.29 is 23.4 Å². The van der Waals surface area contributed by atoms with Gasteiger partial charge in [-0.05, 0) is 42.3 Å². The predicted molar refractivity (Wildman–Crippen MR) is 96.4 cm³/mol. The van der Waals surface area contributed by atoms with Crippen LogP contribution in [0.1, 0.15) is 11.1 Å². The number of sulfonamides is 1. The fourth-order valence-electron chi connectivity index (χ4n) is 2.03. The molecule has 0 bridgehead atoms. The van der Waals surface area contributed by atoms with Gasteiger partial charge in [0.05, 0.1) is 5.69 Å². The van der Waals surface area contributed by atoms with E-state index in [9.17, 15) is 18.3 Å². The van der Waals surface area contributed by atoms with Gasteiger partial charge in [-0.15, -0.1) is 23.1 Å². The molecule has 0 fully saturated rings. The third kappa shape index (κ3) is 3.92. The summed E-state index contributed by atoms with van der Waals surface area (Å²) < 4.78 is 27.5. The Hall–Kier alpha value is -1.97. The van der Waals surface area contributed by atoms with Gasteiger partial charge in [0, 0.05) is 16.5 Å². The van der Waals surface area contributed by atoms with Crippen molar-refractivity contribution in [2.75, 3.05) is 11.0 Å². The molecule has 0 amide bonds. The summed E-state index contributed by atoms with van der Waals surface area (Å²) in [7, 11) is -3.75. The molecule has 1 aromatic carbocycles. The van der Waals surface area contributed by atoms with Gasteiger partial charge in [0.25, 0.3) is 10.0 Å². The first kappa shape index (κ1) is 18.4. The maximum atomic E-state index is 12.4. The lowest BCUT2D eigenvalue weighted by molar-refractivity contribution is -0.131. The Morgan fingerprint density at radius 1 is 1.42 bits per heavy atom. The summed E-state index contributed by atoms with van der Waals surface area (Å²) in [5.74, 6) is -1.25. The van der Waals surface area contributed by atoms with Crippen LogP contribution in [0.2, 0.25) is 0 Å². The van der Waals surface area contributed by atoms with Crippen molar-refractivity contribution in [2.24, 2.45) is 0 Å². The summed E-state index contributed by atoms with van der Waals surface area (Å²) in [6.45, 7) is 1.61. The molecule has 3 N–H and O–H groups in total. The minimum absolute atomic E-state index is 0.0871. The number of thiophene rings is 1. The van der Waals surface area contributed by atoms with Gasteiger partial charge in [-0.1, -0.05) is 6.07 Å². The molecule has 0 radical (unpaired) electrons. The summed E-state index contributed by atoms with van der Waals surface area (Å²) in [4.78, 5) is 11.2. The molecule has 2 rings (SSSR count). The summed E-state index contributed by atoms with van der Waals surface area (Å²) in [5, 5.41) is 20.7. The van der Waals surface area contributed by atoms with Crippen molar-refractivity contribution in [3.05, 3.63) is 40.8 Å². The van der Waals surface area contributed by atoms with E-state index in [-0.39, 0.29) is 21.2 Å². The second-order valence-electron chi connectivity index (χ2n) is 4.75. The maximum Gasteiger partial charge on any atom is 0.328 e. The van der Waals surface area contributed by atoms with Crippen molar-refractivity contribution in [3.63, 3.8) is 0 Å². The van der Waals surface area contributed by atoms with Crippen LogP contribution in [0.5, 0.6) is 5.75 Å². The van der Waals surface area contributed by atoms with Gasteiger partial charge in [0.2, 0.25) is 0 Å². The minimum Gasteiger partial charge on any atom is -0.507 e. The number of carbonyl (C=O) groups is 1. The molecule has 0 unspecified atom stereocenters. The third-order valence-electron chi connectivity index (χ3n) is 3.08. The number of carboxylic acid groups (broad SMARTS) is 1. The van der Waals surface area contributed by atoms with Crippen LogP contribution >= 0.6 is 23.1 Å². The molecule has 24 heavy (non-hydrogen) atoms. The van der Waals surface area contributed by atoms with Crippen LogP contribution in [0.4, 0.5) is 5.69 Å². The standard InChI is InChI=1S/C15H15NO5S3/c1-9-8-11(16-24(20,21)13-4-3-7-23-13)15(22-2)10(14(9)19)5-6-12(17)18/h3-8,16,19H,1-2H3,(H,17,18). The fourth-order valence-corrected chi connectivity index (χ4v) is 4.87. The van der Waals surface area contributed by atoms with Gasteiger partial charge >= 0.3 is 5.97 Å².